The lowest BCUT2D eigenvalue weighted by molar-refractivity contribution is -0.127. The molecule has 1 aromatic heterocycles. The normalized spacial score (nSPS) is 11.0. The molecule has 10 heteroatoms. The second kappa shape index (κ2) is 10.6. The lowest BCUT2D eigenvalue weighted by Crippen LogP contribution is -2.27. The molecule has 3 rings (SSSR count). The molecule has 0 fully saturated rings. The third-order valence-corrected chi connectivity index (χ3v) is 5.66. The molecule has 0 atom stereocenters. The zero-order chi connectivity index (χ0) is 22.4. The third-order valence-electron chi connectivity index (χ3n) is 4.45. The number of amides is 1. The van der Waals surface area contributed by atoms with Crippen molar-refractivity contribution in [3.05, 3.63) is 59.1 Å². The second-order valence-electron chi connectivity index (χ2n) is 6.62. The number of alkyl halides is 2. The molecular formula is C21H21ClF2N4O2S. The number of aromatic nitrogens is 3. The molecule has 0 saturated carbocycles. The SMILES string of the molecule is CCn1c(SCC(=O)N(C)Cc2ccc(OC(F)F)cc2)nnc1-c1ccc(Cl)cc1. The van der Waals surface area contributed by atoms with Crippen LogP contribution in [0.3, 0.4) is 0 Å². The fourth-order valence-electron chi connectivity index (χ4n) is 2.87. The molecule has 0 N–H and O–H groups in total. The van der Waals surface area contributed by atoms with E-state index < -0.39 is 6.61 Å². The Hall–Kier alpha value is -2.65. The first kappa shape index (κ1) is 23.0. The van der Waals surface area contributed by atoms with Crippen LogP contribution in [0.15, 0.2) is 53.7 Å². The highest BCUT2D eigenvalue weighted by Crippen LogP contribution is 2.25. The van der Waals surface area contributed by atoms with Gasteiger partial charge in [-0.3, -0.25) is 4.79 Å². The molecular weight excluding hydrogens is 446 g/mol. The zero-order valence-electron chi connectivity index (χ0n) is 17.0. The van der Waals surface area contributed by atoms with Crippen LogP contribution < -0.4 is 4.74 Å². The van der Waals surface area contributed by atoms with Gasteiger partial charge < -0.3 is 14.2 Å². The minimum absolute atomic E-state index is 0.0821. The van der Waals surface area contributed by atoms with E-state index >= 15 is 0 Å². The third kappa shape index (κ3) is 6.18. The standard InChI is InChI=1S/C21H21ClF2N4O2S/c1-3-28-19(15-6-8-16(22)9-7-15)25-26-21(28)31-13-18(29)27(2)12-14-4-10-17(11-5-14)30-20(23)24/h4-11,20H,3,12-13H2,1-2H3. The van der Waals surface area contributed by atoms with E-state index in [-0.39, 0.29) is 17.4 Å². The monoisotopic (exact) mass is 466 g/mol. The molecule has 0 unspecified atom stereocenters. The molecule has 1 heterocycles. The Balaban J connectivity index is 1.59. The van der Waals surface area contributed by atoms with Crippen molar-refractivity contribution in [2.24, 2.45) is 0 Å². The number of nitrogens with zero attached hydrogens (tertiary/aromatic N) is 4. The van der Waals surface area contributed by atoms with Crippen molar-refractivity contribution in [2.45, 2.75) is 31.8 Å². The largest absolute Gasteiger partial charge is 0.435 e. The van der Waals surface area contributed by atoms with E-state index in [9.17, 15) is 13.6 Å². The minimum atomic E-state index is -2.86. The molecule has 3 aromatic rings. The molecule has 2 aromatic carbocycles. The van der Waals surface area contributed by atoms with Crippen LogP contribution in [0.4, 0.5) is 8.78 Å². The molecule has 0 aliphatic heterocycles. The van der Waals surface area contributed by atoms with Crippen molar-refractivity contribution in [1.82, 2.24) is 19.7 Å². The molecule has 0 spiro atoms. The fourth-order valence-corrected chi connectivity index (χ4v) is 3.94. The van der Waals surface area contributed by atoms with Crippen LogP contribution in [0.2, 0.25) is 5.02 Å². The molecule has 1 amide bonds. The first-order chi connectivity index (χ1) is 14.9. The molecule has 0 bridgehead atoms. The van der Waals surface area contributed by atoms with Gasteiger partial charge in [-0.25, -0.2) is 0 Å². The number of hydrogen-bond acceptors (Lipinski definition) is 5. The minimum Gasteiger partial charge on any atom is -0.435 e. The summed E-state index contributed by atoms with van der Waals surface area (Å²) in [7, 11) is 1.69. The number of carbonyl (C=O) groups excluding carboxylic acids is 1. The summed E-state index contributed by atoms with van der Waals surface area (Å²) >= 11 is 7.27. The van der Waals surface area contributed by atoms with Gasteiger partial charge in [0.2, 0.25) is 5.91 Å². The van der Waals surface area contributed by atoms with Crippen molar-refractivity contribution in [3.63, 3.8) is 0 Å². The maximum atomic E-state index is 12.6. The highest BCUT2D eigenvalue weighted by Gasteiger charge is 2.16. The smallest absolute Gasteiger partial charge is 0.387 e. The average molecular weight is 467 g/mol. The fraction of sp³-hybridized carbons (Fsp3) is 0.286. The quantitative estimate of drug-likeness (QED) is 0.417. The number of ether oxygens (including phenoxy) is 1. The lowest BCUT2D eigenvalue weighted by Gasteiger charge is -2.17. The van der Waals surface area contributed by atoms with Gasteiger partial charge in [-0.15, -0.1) is 10.2 Å². The number of rotatable bonds is 9. The molecule has 31 heavy (non-hydrogen) atoms. The van der Waals surface area contributed by atoms with Crippen LogP contribution in [-0.4, -0.2) is 45.0 Å². The van der Waals surface area contributed by atoms with Crippen molar-refractivity contribution >= 4 is 29.3 Å². The summed E-state index contributed by atoms with van der Waals surface area (Å²) in [6.45, 7) is 0.134. The van der Waals surface area contributed by atoms with E-state index in [1.807, 2.05) is 23.6 Å². The van der Waals surface area contributed by atoms with Crippen molar-refractivity contribution in [2.75, 3.05) is 12.8 Å². The highest BCUT2D eigenvalue weighted by atomic mass is 35.5. The second-order valence-corrected chi connectivity index (χ2v) is 8.00. The van der Waals surface area contributed by atoms with Gasteiger partial charge in [0.05, 0.1) is 5.75 Å². The summed E-state index contributed by atoms with van der Waals surface area (Å²) < 4.78 is 30.8. The van der Waals surface area contributed by atoms with E-state index in [1.165, 1.54) is 23.9 Å². The van der Waals surface area contributed by atoms with Crippen LogP contribution in [0.5, 0.6) is 5.75 Å². The van der Waals surface area contributed by atoms with Gasteiger partial charge in [-0.2, -0.15) is 8.78 Å². The Bertz CT molecular complexity index is 1010. The Labute approximate surface area is 188 Å². The summed E-state index contributed by atoms with van der Waals surface area (Å²) in [6, 6.07) is 13.6. The number of halogens is 3. The van der Waals surface area contributed by atoms with Crippen LogP contribution >= 0.6 is 23.4 Å². The molecule has 0 aliphatic rings. The van der Waals surface area contributed by atoms with Gasteiger partial charge in [0.25, 0.3) is 0 Å². The summed E-state index contributed by atoms with van der Waals surface area (Å²) in [5, 5.41) is 9.80. The van der Waals surface area contributed by atoms with E-state index in [2.05, 4.69) is 14.9 Å². The van der Waals surface area contributed by atoms with Gasteiger partial charge in [-0.1, -0.05) is 35.5 Å². The predicted molar refractivity (Wildman–Crippen MR) is 116 cm³/mol. The average Bonchev–Trinajstić information content (AvgIpc) is 3.16. The number of benzene rings is 2. The predicted octanol–water partition coefficient (Wildman–Crippen LogP) is 4.97. The van der Waals surface area contributed by atoms with Crippen LogP contribution in [0.25, 0.3) is 11.4 Å². The van der Waals surface area contributed by atoms with Crippen molar-refractivity contribution < 1.29 is 18.3 Å². The van der Waals surface area contributed by atoms with Crippen LogP contribution in [-0.2, 0) is 17.9 Å². The number of carbonyl (C=O) groups is 1. The Morgan fingerprint density at radius 2 is 1.84 bits per heavy atom. The molecule has 0 saturated heterocycles. The van der Waals surface area contributed by atoms with Gasteiger partial charge in [0.15, 0.2) is 11.0 Å². The van der Waals surface area contributed by atoms with E-state index in [1.54, 1.807) is 36.2 Å². The number of thioether (sulfide) groups is 1. The van der Waals surface area contributed by atoms with Crippen molar-refractivity contribution in [3.8, 4) is 17.1 Å². The maximum absolute atomic E-state index is 12.6. The summed E-state index contributed by atoms with van der Waals surface area (Å²) in [5.74, 6) is 0.908. The van der Waals surface area contributed by atoms with Crippen LogP contribution in [0, 0.1) is 0 Å². The van der Waals surface area contributed by atoms with Gasteiger partial charge >= 0.3 is 6.61 Å². The zero-order valence-corrected chi connectivity index (χ0v) is 18.5. The maximum Gasteiger partial charge on any atom is 0.387 e. The Morgan fingerprint density at radius 1 is 1.16 bits per heavy atom. The molecule has 164 valence electrons. The molecule has 0 radical (unpaired) electrons. The summed E-state index contributed by atoms with van der Waals surface area (Å²) in [4.78, 5) is 14.1. The Morgan fingerprint density at radius 3 is 2.45 bits per heavy atom. The summed E-state index contributed by atoms with van der Waals surface area (Å²) in [5.41, 5.74) is 1.71. The van der Waals surface area contributed by atoms with Gasteiger partial charge in [-0.05, 0) is 48.9 Å². The van der Waals surface area contributed by atoms with Gasteiger partial charge in [0.1, 0.15) is 5.75 Å². The first-order valence-electron chi connectivity index (χ1n) is 9.47. The van der Waals surface area contributed by atoms with E-state index in [0.717, 1.165) is 11.1 Å². The van der Waals surface area contributed by atoms with Crippen LogP contribution in [0.1, 0.15) is 12.5 Å². The first-order valence-corrected chi connectivity index (χ1v) is 10.8. The van der Waals surface area contributed by atoms with Gasteiger partial charge in [0, 0.05) is 30.7 Å². The number of hydrogen-bond donors (Lipinski definition) is 0. The van der Waals surface area contributed by atoms with E-state index in [0.29, 0.717) is 29.1 Å². The van der Waals surface area contributed by atoms with E-state index in [4.69, 9.17) is 11.6 Å². The molecule has 0 aliphatic carbocycles. The highest BCUT2D eigenvalue weighted by molar-refractivity contribution is 7.99. The molecule has 6 nitrogen and oxygen atoms in total. The summed E-state index contributed by atoms with van der Waals surface area (Å²) in [6.07, 6.45) is 0. The topological polar surface area (TPSA) is 60.2 Å². The lowest BCUT2D eigenvalue weighted by atomic mass is 10.2. The van der Waals surface area contributed by atoms with Crippen molar-refractivity contribution in [1.29, 1.82) is 0 Å². The Kier molecular flexibility index (Phi) is 7.86.